The molecule has 5 nitrogen and oxygen atoms in total. The first-order chi connectivity index (χ1) is 26.6. The van der Waals surface area contributed by atoms with Crippen LogP contribution in [0.4, 0.5) is 0 Å². The Bertz CT molecular complexity index is 758. The van der Waals surface area contributed by atoms with Crippen LogP contribution >= 0.6 is 0 Å². The Labute approximate surface area is 338 Å². The molecule has 0 saturated carbocycles. The summed E-state index contributed by atoms with van der Waals surface area (Å²) in [6, 6.07) is -0.793. The zero-order valence-electron chi connectivity index (χ0n) is 36.6. The summed E-state index contributed by atoms with van der Waals surface area (Å²) >= 11 is 0. The highest BCUT2D eigenvalue weighted by Crippen LogP contribution is 2.17. The SMILES string of the molecule is CCCCCCCCCCCCCCCCCCCC/C=C/C(O)C(CO)NC(=O)C(O)CCCCCCCCCCCCCCCCCCCCCC. The van der Waals surface area contributed by atoms with Crippen LogP contribution in [0.5, 0.6) is 0 Å². The summed E-state index contributed by atoms with van der Waals surface area (Å²) in [5.74, 6) is -0.497. The van der Waals surface area contributed by atoms with E-state index < -0.39 is 24.2 Å². The molecule has 5 heteroatoms. The molecule has 0 aromatic rings. The van der Waals surface area contributed by atoms with E-state index >= 15 is 0 Å². The summed E-state index contributed by atoms with van der Waals surface area (Å²) in [5.41, 5.74) is 0. The van der Waals surface area contributed by atoms with Crippen molar-refractivity contribution in [1.82, 2.24) is 5.32 Å². The topological polar surface area (TPSA) is 89.8 Å². The van der Waals surface area contributed by atoms with E-state index in [1.165, 1.54) is 218 Å². The molecule has 1 amide bonds. The number of carbonyl (C=O) groups is 1. The van der Waals surface area contributed by atoms with Gasteiger partial charge >= 0.3 is 0 Å². The van der Waals surface area contributed by atoms with Crippen LogP contribution in [0.15, 0.2) is 12.2 Å². The van der Waals surface area contributed by atoms with Gasteiger partial charge in [-0.05, 0) is 19.3 Å². The fourth-order valence-electron chi connectivity index (χ4n) is 7.78. The summed E-state index contributed by atoms with van der Waals surface area (Å²) in [4.78, 5) is 12.5. The number of hydrogen-bond donors (Lipinski definition) is 4. The van der Waals surface area contributed by atoms with Crippen molar-refractivity contribution < 1.29 is 20.1 Å². The second-order valence-electron chi connectivity index (χ2n) is 17.0. The number of unbranched alkanes of at least 4 members (excludes halogenated alkanes) is 37. The van der Waals surface area contributed by atoms with Crippen LogP contribution in [0.1, 0.15) is 271 Å². The third-order valence-corrected chi connectivity index (χ3v) is 11.6. The van der Waals surface area contributed by atoms with Crippen molar-refractivity contribution in [2.24, 2.45) is 0 Å². The number of aliphatic hydroxyl groups is 3. The molecular weight excluding hydrogens is 667 g/mol. The first-order valence-electron chi connectivity index (χ1n) is 24.5. The largest absolute Gasteiger partial charge is 0.394 e. The molecule has 0 aromatic heterocycles. The highest BCUT2D eigenvalue weighted by molar-refractivity contribution is 5.80. The van der Waals surface area contributed by atoms with E-state index in [4.69, 9.17) is 0 Å². The maximum atomic E-state index is 12.5. The van der Waals surface area contributed by atoms with Gasteiger partial charge in [0.05, 0.1) is 18.8 Å². The molecule has 3 unspecified atom stereocenters. The second-order valence-corrected chi connectivity index (χ2v) is 17.0. The maximum absolute atomic E-state index is 12.5. The molecule has 0 radical (unpaired) electrons. The van der Waals surface area contributed by atoms with Crippen molar-refractivity contribution in [3.05, 3.63) is 12.2 Å². The van der Waals surface area contributed by atoms with Crippen molar-refractivity contribution in [2.45, 2.75) is 289 Å². The van der Waals surface area contributed by atoms with Crippen LogP contribution in [-0.4, -0.2) is 46.1 Å². The smallest absolute Gasteiger partial charge is 0.249 e. The van der Waals surface area contributed by atoms with Crippen LogP contribution in [-0.2, 0) is 4.79 Å². The Kier molecular flexibility index (Phi) is 44.0. The van der Waals surface area contributed by atoms with Gasteiger partial charge in [0.15, 0.2) is 0 Å². The van der Waals surface area contributed by atoms with Gasteiger partial charge < -0.3 is 20.6 Å². The number of amides is 1. The summed E-state index contributed by atoms with van der Waals surface area (Å²) in [7, 11) is 0. The van der Waals surface area contributed by atoms with Crippen LogP contribution in [0.2, 0.25) is 0 Å². The lowest BCUT2D eigenvalue weighted by molar-refractivity contribution is -0.131. The second kappa shape index (κ2) is 44.8. The van der Waals surface area contributed by atoms with E-state index in [0.717, 1.165) is 32.1 Å². The zero-order chi connectivity index (χ0) is 39.4. The lowest BCUT2D eigenvalue weighted by Crippen LogP contribution is -2.48. The van der Waals surface area contributed by atoms with Crippen LogP contribution in [0, 0.1) is 0 Å². The number of carbonyl (C=O) groups excluding carboxylic acids is 1. The standard InChI is InChI=1S/C49H97NO4/c1-3-5-7-9-11-13-15-17-19-21-23-25-27-29-31-33-35-37-39-41-43-47(52)46(45-51)50-49(54)48(53)44-42-40-38-36-34-32-30-28-26-24-22-20-18-16-14-12-10-8-6-4-2/h41,43,46-48,51-53H,3-40,42,44-45H2,1-2H3,(H,50,54)/b43-41+. The fourth-order valence-corrected chi connectivity index (χ4v) is 7.78. The third-order valence-electron chi connectivity index (χ3n) is 11.6. The highest BCUT2D eigenvalue weighted by atomic mass is 16.3. The number of aliphatic hydroxyl groups excluding tert-OH is 3. The van der Waals surface area contributed by atoms with Crippen LogP contribution in [0.25, 0.3) is 0 Å². The minimum absolute atomic E-state index is 0.359. The molecule has 0 fully saturated rings. The average Bonchev–Trinajstić information content (AvgIpc) is 3.18. The molecule has 0 heterocycles. The molecule has 0 aliphatic rings. The molecule has 3 atom stereocenters. The molecule has 0 spiro atoms. The predicted molar refractivity (Wildman–Crippen MR) is 236 cm³/mol. The van der Waals surface area contributed by atoms with Crippen LogP contribution < -0.4 is 5.32 Å². The Morgan fingerprint density at radius 3 is 1.02 bits per heavy atom. The first kappa shape index (κ1) is 53.1. The van der Waals surface area contributed by atoms with Gasteiger partial charge in [-0.25, -0.2) is 0 Å². The van der Waals surface area contributed by atoms with E-state index in [-0.39, 0.29) is 6.61 Å². The van der Waals surface area contributed by atoms with Gasteiger partial charge in [-0.1, -0.05) is 264 Å². The summed E-state index contributed by atoms with van der Waals surface area (Å²) in [6.07, 6.45) is 54.0. The van der Waals surface area contributed by atoms with Crippen molar-refractivity contribution >= 4 is 5.91 Å². The summed E-state index contributed by atoms with van der Waals surface area (Å²) in [6.45, 7) is 4.21. The van der Waals surface area contributed by atoms with Gasteiger partial charge in [-0.2, -0.15) is 0 Å². The quantitative estimate of drug-likeness (QED) is 0.0367. The van der Waals surface area contributed by atoms with Gasteiger partial charge in [0.25, 0.3) is 0 Å². The fraction of sp³-hybridized carbons (Fsp3) is 0.939. The molecule has 4 N–H and O–H groups in total. The normalized spacial score (nSPS) is 13.5. The highest BCUT2D eigenvalue weighted by Gasteiger charge is 2.22. The maximum Gasteiger partial charge on any atom is 0.249 e. The number of nitrogens with one attached hydrogen (secondary N) is 1. The van der Waals surface area contributed by atoms with Crippen molar-refractivity contribution in [3.63, 3.8) is 0 Å². The minimum Gasteiger partial charge on any atom is -0.394 e. The molecule has 0 aromatic carbocycles. The van der Waals surface area contributed by atoms with E-state index in [2.05, 4.69) is 19.2 Å². The minimum atomic E-state index is -1.09. The molecule has 0 aliphatic carbocycles. The summed E-state index contributed by atoms with van der Waals surface area (Å²) in [5, 5.41) is 33.3. The lowest BCUT2D eigenvalue weighted by Gasteiger charge is -2.21. The Hall–Kier alpha value is -0.910. The van der Waals surface area contributed by atoms with Gasteiger partial charge in [0.1, 0.15) is 6.10 Å². The molecule has 54 heavy (non-hydrogen) atoms. The van der Waals surface area contributed by atoms with Crippen molar-refractivity contribution in [1.29, 1.82) is 0 Å². The number of allylic oxidation sites excluding steroid dienone is 1. The first-order valence-corrected chi connectivity index (χ1v) is 24.5. The monoisotopic (exact) mass is 764 g/mol. The molecule has 322 valence electrons. The van der Waals surface area contributed by atoms with E-state index in [9.17, 15) is 20.1 Å². The molecule has 0 aliphatic heterocycles. The van der Waals surface area contributed by atoms with Gasteiger partial charge in [-0.3, -0.25) is 4.79 Å². The lowest BCUT2D eigenvalue weighted by atomic mass is 10.0. The van der Waals surface area contributed by atoms with Crippen molar-refractivity contribution in [3.8, 4) is 0 Å². The predicted octanol–water partition coefficient (Wildman–Crippen LogP) is 14.4. The van der Waals surface area contributed by atoms with E-state index in [1.54, 1.807) is 6.08 Å². The van der Waals surface area contributed by atoms with Gasteiger partial charge in [-0.15, -0.1) is 0 Å². The third kappa shape index (κ3) is 39.3. The Balaban J connectivity index is 3.60. The van der Waals surface area contributed by atoms with E-state index in [0.29, 0.717) is 6.42 Å². The molecule has 0 bridgehead atoms. The molecule has 0 rings (SSSR count). The number of hydrogen-bond acceptors (Lipinski definition) is 4. The Morgan fingerprint density at radius 2 is 0.722 bits per heavy atom. The van der Waals surface area contributed by atoms with Gasteiger partial charge in [0, 0.05) is 0 Å². The number of rotatable bonds is 45. The zero-order valence-corrected chi connectivity index (χ0v) is 36.6. The Morgan fingerprint density at radius 1 is 0.444 bits per heavy atom. The molecular formula is C49H97NO4. The molecule has 0 saturated heterocycles. The van der Waals surface area contributed by atoms with Crippen molar-refractivity contribution in [2.75, 3.05) is 6.61 Å². The summed E-state index contributed by atoms with van der Waals surface area (Å²) < 4.78 is 0. The van der Waals surface area contributed by atoms with Gasteiger partial charge in [0.2, 0.25) is 5.91 Å². The van der Waals surface area contributed by atoms with Crippen LogP contribution in [0.3, 0.4) is 0 Å². The average molecular weight is 764 g/mol. The van der Waals surface area contributed by atoms with E-state index in [1.807, 2.05) is 6.08 Å².